The van der Waals surface area contributed by atoms with Crippen molar-refractivity contribution in [2.24, 2.45) is 0 Å². The molecule has 25 heavy (non-hydrogen) atoms. The summed E-state index contributed by atoms with van der Waals surface area (Å²) in [5.74, 6) is 1.48. The number of benzene rings is 2. The molecule has 1 atom stereocenters. The van der Waals surface area contributed by atoms with Crippen molar-refractivity contribution >= 4 is 23.4 Å². The van der Waals surface area contributed by atoms with E-state index in [4.69, 9.17) is 4.74 Å². The monoisotopic (exact) mass is 361 g/mol. The van der Waals surface area contributed by atoms with Gasteiger partial charge in [-0.3, -0.25) is 4.79 Å². The minimum absolute atomic E-state index is 0.0591. The van der Waals surface area contributed by atoms with Crippen molar-refractivity contribution in [3.8, 4) is 5.75 Å². The molecule has 0 saturated carbocycles. The average Bonchev–Trinajstić information content (AvgIpc) is 2.61. The predicted molar refractivity (Wildman–Crippen MR) is 103 cm³/mol. The number of amides is 1. The molecule has 0 bridgehead atoms. The highest BCUT2D eigenvalue weighted by Gasteiger charge is 2.12. The molecular formula is C20H24FNO2S. The Morgan fingerprint density at radius 1 is 1.28 bits per heavy atom. The van der Waals surface area contributed by atoms with Crippen molar-refractivity contribution in [1.29, 1.82) is 0 Å². The maximum absolute atomic E-state index is 13.4. The van der Waals surface area contributed by atoms with E-state index in [1.165, 1.54) is 23.9 Å². The van der Waals surface area contributed by atoms with E-state index < -0.39 is 0 Å². The Hall–Kier alpha value is -2.01. The Bertz CT molecular complexity index is 721. The zero-order chi connectivity index (χ0) is 18.2. The molecule has 2 rings (SSSR count). The van der Waals surface area contributed by atoms with Crippen LogP contribution in [0.15, 0.2) is 42.5 Å². The molecule has 0 aliphatic heterocycles. The van der Waals surface area contributed by atoms with Crippen LogP contribution < -0.4 is 10.1 Å². The van der Waals surface area contributed by atoms with Crippen LogP contribution in [0, 0.1) is 5.82 Å². The molecule has 0 aromatic heterocycles. The van der Waals surface area contributed by atoms with Gasteiger partial charge in [-0.25, -0.2) is 4.39 Å². The molecule has 2 aromatic carbocycles. The van der Waals surface area contributed by atoms with E-state index in [1.54, 1.807) is 13.2 Å². The minimum atomic E-state index is -0.302. The molecule has 2 aromatic rings. The second-order valence-corrected chi connectivity index (χ2v) is 6.88. The van der Waals surface area contributed by atoms with Gasteiger partial charge in [-0.1, -0.05) is 32.0 Å². The average molecular weight is 361 g/mol. The molecule has 0 heterocycles. The summed E-state index contributed by atoms with van der Waals surface area (Å²) in [4.78, 5) is 12.2. The maximum Gasteiger partial charge on any atom is 0.234 e. The topological polar surface area (TPSA) is 38.3 Å². The Balaban J connectivity index is 1.93. The van der Waals surface area contributed by atoms with Crippen LogP contribution in [-0.2, 0) is 10.5 Å². The number of hydrogen-bond acceptors (Lipinski definition) is 3. The summed E-state index contributed by atoms with van der Waals surface area (Å²) in [6, 6.07) is 12.3. The summed E-state index contributed by atoms with van der Waals surface area (Å²) in [5, 5.41) is 2.99. The summed E-state index contributed by atoms with van der Waals surface area (Å²) in [6.45, 7) is 4.28. The highest BCUT2D eigenvalue weighted by atomic mass is 32.2. The lowest BCUT2D eigenvalue weighted by Crippen LogP contribution is -2.16. The van der Waals surface area contributed by atoms with E-state index in [9.17, 15) is 9.18 Å². The lowest BCUT2D eigenvalue weighted by Gasteiger charge is -2.15. The molecule has 0 saturated heterocycles. The van der Waals surface area contributed by atoms with E-state index in [2.05, 4.69) is 25.2 Å². The molecule has 0 unspecified atom stereocenters. The van der Waals surface area contributed by atoms with E-state index in [-0.39, 0.29) is 11.7 Å². The molecule has 3 nitrogen and oxygen atoms in total. The first-order chi connectivity index (χ1) is 12.0. The third-order valence-electron chi connectivity index (χ3n) is 4.11. The van der Waals surface area contributed by atoms with Gasteiger partial charge in [0.25, 0.3) is 0 Å². The van der Waals surface area contributed by atoms with E-state index in [0.717, 1.165) is 23.2 Å². The fraction of sp³-hybridized carbons (Fsp3) is 0.350. The number of hydrogen-bond donors (Lipinski definition) is 1. The molecule has 1 N–H and O–H groups in total. The summed E-state index contributed by atoms with van der Waals surface area (Å²) in [5.41, 5.74) is 2.77. The molecule has 0 fully saturated rings. The fourth-order valence-corrected chi connectivity index (χ4v) is 3.37. The zero-order valence-corrected chi connectivity index (χ0v) is 15.7. The molecule has 0 spiro atoms. The number of methoxy groups -OCH3 is 1. The van der Waals surface area contributed by atoms with Gasteiger partial charge in [-0.2, -0.15) is 0 Å². The van der Waals surface area contributed by atoms with E-state index in [0.29, 0.717) is 23.2 Å². The van der Waals surface area contributed by atoms with Crippen molar-refractivity contribution in [1.82, 2.24) is 0 Å². The molecule has 5 heteroatoms. The van der Waals surface area contributed by atoms with Crippen LogP contribution in [-0.4, -0.2) is 18.8 Å². The highest BCUT2D eigenvalue weighted by molar-refractivity contribution is 7.99. The van der Waals surface area contributed by atoms with Gasteiger partial charge in [0.15, 0.2) is 0 Å². The van der Waals surface area contributed by atoms with Crippen molar-refractivity contribution in [2.45, 2.75) is 31.9 Å². The summed E-state index contributed by atoms with van der Waals surface area (Å²) >= 11 is 1.43. The van der Waals surface area contributed by atoms with Gasteiger partial charge in [0.1, 0.15) is 11.6 Å². The van der Waals surface area contributed by atoms with Crippen LogP contribution >= 0.6 is 11.8 Å². The van der Waals surface area contributed by atoms with Crippen LogP contribution in [0.1, 0.15) is 37.3 Å². The Labute approximate surface area is 153 Å². The van der Waals surface area contributed by atoms with Gasteiger partial charge in [-0.05, 0) is 42.2 Å². The van der Waals surface area contributed by atoms with Crippen LogP contribution in [0.4, 0.5) is 10.1 Å². The number of nitrogens with one attached hydrogen (secondary N) is 1. The number of carbonyl (C=O) groups excluding carboxylic acids is 1. The van der Waals surface area contributed by atoms with Gasteiger partial charge in [0.2, 0.25) is 5.91 Å². The molecule has 0 radical (unpaired) electrons. The second kappa shape index (κ2) is 9.47. The van der Waals surface area contributed by atoms with Crippen molar-refractivity contribution in [3.05, 3.63) is 59.4 Å². The van der Waals surface area contributed by atoms with E-state index in [1.807, 2.05) is 18.2 Å². The first kappa shape index (κ1) is 19.3. The lowest BCUT2D eigenvalue weighted by molar-refractivity contribution is -0.113. The molecule has 134 valence electrons. The zero-order valence-electron chi connectivity index (χ0n) is 14.8. The molecule has 1 amide bonds. The molecule has 0 aliphatic rings. The number of halogens is 1. The first-order valence-electron chi connectivity index (χ1n) is 8.34. The highest BCUT2D eigenvalue weighted by Crippen LogP contribution is 2.27. The van der Waals surface area contributed by atoms with Crippen molar-refractivity contribution < 1.29 is 13.9 Å². The standard InChI is InChI=1S/C20H24FNO2S/c1-4-14(2)17-7-5-6-8-18(17)22-20(23)13-25-12-15-11-16(21)9-10-19(15)24-3/h5-11,14H,4,12-13H2,1-3H3,(H,22,23)/t14-/m0/s1. The summed E-state index contributed by atoms with van der Waals surface area (Å²) < 4.78 is 18.6. The first-order valence-corrected chi connectivity index (χ1v) is 9.49. The number of rotatable bonds is 8. The Kier molecular flexibility index (Phi) is 7.31. The van der Waals surface area contributed by atoms with Gasteiger partial charge in [0.05, 0.1) is 12.9 Å². The van der Waals surface area contributed by atoms with Crippen LogP contribution in [0.2, 0.25) is 0 Å². The third-order valence-corrected chi connectivity index (χ3v) is 5.09. The van der Waals surface area contributed by atoms with Crippen LogP contribution in [0.25, 0.3) is 0 Å². The third kappa shape index (κ3) is 5.49. The minimum Gasteiger partial charge on any atom is -0.496 e. The summed E-state index contributed by atoms with van der Waals surface area (Å²) in [6.07, 6.45) is 1.01. The van der Waals surface area contributed by atoms with Crippen molar-refractivity contribution in [3.63, 3.8) is 0 Å². The fourth-order valence-electron chi connectivity index (χ4n) is 2.56. The van der Waals surface area contributed by atoms with Crippen LogP contribution in [0.3, 0.4) is 0 Å². The lowest BCUT2D eigenvalue weighted by atomic mass is 9.97. The molecule has 0 aliphatic carbocycles. The van der Waals surface area contributed by atoms with Gasteiger partial charge < -0.3 is 10.1 Å². The smallest absolute Gasteiger partial charge is 0.234 e. The van der Waals surface area contributed by atoms with Gasteiger partial charge >= 0.3 is 0 Å². The van der Waals surface area contributed by atoms with Gasteiger partial charge in [-0.15, -0.1) is 11.8 Å². The van der Waals surface area contributed by atoms with E-state index >= 15 is 0 Å². The normalized spacial score (nSPS) is 11.8. The SMILES string of the molecule is CC[C@H](C)c1ccccc1NC(=O)CSCc1cc(F)ccc1OC. The quantitative estimate of drug-likeness (QED) is 0.700. The number of ether oxygens (including phenoxy) is 1. The van der Waals surface area contributed by atoms with Crippen LogP contribution in [0.5, 0.6) is 5.75 Å². The number of carbonyl (C=O) groups is 1. The Morgan fingerprint density at radius 3 is 2.76 bits per heavy atom. The van der Waals surface area contributed by atoms with Crippen molar-refractivity contribution in [2.75, 3.05) is 18.2 Å². The number of thioether (sulfide) groups is 1. The molecular weight excluding hydrogens is 337 g/mol. The van der Waals surface area contributed by atoms with Gasteiger partial charge in [0, 0.05) is 17.0 Å². The number of para-hydroxylation sites is 1. The Morgan fingerprint density at radius 2 is 2.04 bits per heavy atom. The largest absolute Gasteiger partial charge is 0.496 e. The maximum atomic E-state index is 13.4. The number of anilines is 1. The predicted octanol–water partition coefficient (Wildman–Crippen LogP) is 5.22. The second-order valence-electron chi connectivity index (χ2n) is 5.89. The summed E-state index contributed by atoms with van der Waals surface area (Å²) in [7, 11) is 1.56.